The van der Waals surface area contributed by atoms with Crippen LogP contribution < -0.4 is 10.1 Å². The number of hydrogen-bond acceptors (Lipinski definition) is 4. The van der Waals surface area contributed by atoms with Gasteiger partial charge in [-0.1, -0.05) is 11.2 Å². The number of nitrogens with zero attached hydrogens (tertiary/aromatic N) is 1. The third kappa shape index (κ3) is 1.26. The van der Waals surface area contributed by atoms with Crippen LogP contribution in [0.2, 0.25) is 0 Å². The second kappa shape index (κ2) is 3.56. The molecule has 4 nitrogen and oxygen atoms in total. The predicted octanol–water partition coefficient (Wildman–Crippen LogP) is 2.67. The summed E-state index contributed by atoms with van der Waals surface area (Å²) in [7, 11) is 0. The van der Waals surface area contributed by atoms with Crippen molar-refractivity contribution in [1.29, 1.82) is 0 Å². The summed E-state index contributed by atoms with van der Waals surface area (Å²) < 4.78 is 10.8. The Hall–Kier alpha value is -1.97. The first-order chi connectivity index (χ1) is 7.90. The molecule has 4 heteroatoms. The standard InChI is InChI=1S/C12H12N2O2/c1-2-15-10-5-3-4-9-11(10)13-6-8-7-14-16-12(8)9/h3-5,7,13H,2,6H2,1H3. The molecule has 1 aromatic heterocycles. The van der Waals surface area contributed by atoms with E-state index in [1.54, 1.807) is 6.20 Å². The molecule has 0 unspecified atom stereocenters. The van der Waals surface area contributed by atoms with E-state index in [9.17, 15) is 0 Å². The lowest BCUT2D eigenvalue weighted by Gasteiger charge is -2.19. The van der Waals surface area contributed by atoms with E-state index in [4.69, 9.17) is 9.26 Å². The van der Waals surface area contributed by atoms with Crippen molar-refractivity contribution < 1.29 is 9.26 Å². The van der Waals surface area contributed by atoms with Gasteiger partial charge in [0.2, 0.25) is 0 Å². The molecule has 0 radical (unpaired) electrons. The monoisotopic (exact) mass is 216 g/mol. The van der Waals surface area contributed by atoms with E-state index in [1.165, 1.54) is 0 Å². The zero-order valence-corrected chi connectivity index (χ0v) is 8.99. The number of anilines is 1. The van der Waals surface area contributed by atoms with Crippen LogP contribution in [-0.2, 0) is 6.54 Å². The number of hydrogen-bond donors (Lipinski definition) is 1. The number of rotatable bonds is 2. The Morgan fingerprint density at radius 1 is 1.50 bits per heavy atom. The van der Waals surface area contributed by atoms with Gasteiger partial charge < -0.3 is 14.6 Å². The number of benzene rings is 1. The molecule has 0 atom stereocenters. The van der Waals surface area contributed by atoms with E-state index in [0.717, 1.165) is 34.9 Å². The predicted molar refractivity (Wildman–Crippen MR) is 60.4 cm³/mol. The number of nitrogens with one attached hydrogen (secondary N) is 1. The molecule has 0 saturated heterocycles. The van der Waals surface area contributed by atoms with Crippen molar-refractivity contribution in [3.05, 3.63) is 30.0 Å². The van der Waals surface area contributed by atoms with Crippen LogP contribution in [0.1, 0.15) is 12.5 Å². The van der Waals surface area contributed by atoms with Crippen molar-refractivity contribution in [3.63, 3.8) is 0 Å². The highest BCUT2D eigenvalue weighted by atomic mass is 16.5. The van der Waals surface area contributed by atoms with Crippen LogP contribution in [0.25, 0.3) is 11.3 Å². The molecule has 1 aromatic carbocycles. The first kappa shape index (κ1) is 9.27. The van der Waals surface area contributed by atoms with Crippen LogP contribution in [-0.4, -0.2) is 11.8 Å². The molecule has 0 bridgehead atoms. The lowest BCUT2D eigenvalue weighted by atomic mass is 10.0. The van der Waals surface area contributed by atoms with E-state index < -0.39 is 0 Å². The summed E-state index contributed by atoms with van der Waals surface area (Å²) >= 11 is 0. The minimum Gasteiger partial charge on any atom is -0.492 e. The summed E-state index contributed by atoms with van der Waals surface area (Å²) in [6.07, 6.45) is 1.75. The van der Waals surface area contributed by atoms with Gasteiger partial charge in [-0.05, 0) is 19.1 Å². The normalized spacial score (nSPS) is 12.6. The maximum absolute atomic E-state index is 5.57. The highest BCUT2D eigenvalue weighted by molar-refractivity contribution is 5.83. The molecule has 1 aliphatic rings. The van der Waals surface area contributed by atoms with Gasteiger partial charge in [0, 0.05) is 17.7 Å². The van der Waals surface area contributed by atoms with Crippen molar-refractivity contribution in [3.8, 4) is 17.1 Å². The molecule has 0 amide bonds. The van der Waals surface area contributed by atoms with Crippen LogP contribution in [0.4, 0.5) is 5.69 Å². The van der Waals surface area contributed by atoms with Crippen LogP contribution in [0.5, 0.6) is 5.75 Å². The molecule has 16 heavy (non-hydrogen) atoms. The van der Waals surface area contributed by atoms with E-state index in [0.29, 0.717) is 6.61 Å². The fourth-order valence-electron chi connectivity index (χ4n) is 1.97. The van der Waals surface area contributed by atoms with Crippen LogP contribution in [0.15, 0.2) is 28.9 Å². The van der Waals surface area contributed by atoms with E-state index in [2.05, 4.69) is 10.5 Å². The first-order valence-corrected chi connectivity index (χ1v) is 5.33. The van der Waals surface area contributed by atoms with E-state index in [1.807, 2.05) is 25.1 Å². The molecule has 0 spiro atoms. The molecule has 1 aliphatic heterocycles. The number of aromatic nitrogens is 1. The van der Waals surface area contributed by atoms with Gasteiger partial charge in [0.15, 0.2) is 5.76 Å². The van der Waals surface area contributed by atoms with Gasteiger partial charge in [0.1, 0.15) is 5.75 Å². The SMILES string of the molecule is CCOc1cccc2c1NCc1cnoc1-2. The third-order valence-corrected chi connectivity index (χ3v) is 2.67. The summed E-state index contributed by atoms with van der Waals surface area (Å²) in [5.74, 6) is 1.71. The Kier molecular flexibility index (Phi) is 2.06. The maximum Gasteiger partial charge on any atom is 0.174 e. The number of ether oxygens (including phenoxy) is 1. The van der Waals surface area contributed by atoms with Gasteiger partial charge in [0.25, 0.3) is 0 Å². The molecular weight excluding hydrogens is 204 g/mol. The van der Waals surface area contributed by atoms with Crippen molar-refractivity contribution in [1.82, 2.24) is 5.16 Å². The van der Waals surface area contributed by atoms with Crippen LogP contribution in [0.3, 0.4) is 0 Å². The van der Waals surface area contributed by atoms with Gasteiger partial charge >= 0.3 is 0 Å². The van der Waals surface area contributed by atoms with Crippen LogP contribution in [0, 0.1) is 0 Å². The van der Waals surface area contributed by atoms with E-state index in [-0.39, 0.29) is 0 Å². The summed E-state index contributed by atoms with van der Waals surface area (Å²) in [5.41, 5.74) is 3.10. The maximum atomic E-state index is 5.57. The van der Waals surface area contributed by atoms with Gasteiger partial charge in [-0.3, -0.25) is 0 Å². The summed E-state index contributed by atoms with van der Waals surface area (Å²) in [6.45, 7) is 3.36. The lowest BCUT2D eigenvalue weighted by molar-refractivity contribution is 0.341. The Labute approximate surface area is 93.2 Å². The van der Waals surface area contributed by atoms with E-state index >= 15 is 0 Å². The second-order valence-corrected chi connectivity index (χ2v) is 3.65. The summed E-state index contributed by atoms with van der Waals surface area (Å²) in [4.78, 5) is 0. The second-order valence-electron chi connectivity index (χ2n) is 3.65. The highest BCUT2D eigenvalue weighted by Gasteiger charge is 2.22. The number of para-hydroxylation sites is 1. The molecule has 1 N–H and O–H groups in total. The molecule has 82 valence electrons. The molecule has 0 aliphatic carbocycles. The summed E-state index contributed by atoms with van der Waals surface area (Å²) in [6, 6.07) is 5.92. The van der Waals surface area contributed by atoms with Crippen molar-refractivity contribution in [2.45, 2.75) is 13.5 Å². The third-order valence-electron chi connectivity index (χ3n) is 2.67. The Morgan fingerprint density at radius 2 is 2.44 bits per heavy atom. The van der Waals surface area contributed by atoms with Crippen LogP contribution >= 0.6 is 0 Å². The Balaban J connectivity index is 2.16. The fourth-order valence-corrected chi connectivity index (χ4v) is 1.97. The average Bonchev–Trinajstić information content (AvgIpc) is 2.78. The molecule has 2 heterocycles. The highest BCUT2D eigenvalue weighted by Crippen LogP contribution is 2.40. The summed E-state index contributed by atoms with van der Waals surface area (Å²) in [5, 5.41) is 7.16. The smallest absolute Gasteiger partial charge is 0.174 e. The average molecular weight is 216 g/mol. The minimum absolute atomic E-state index is 0.654. The van der Waals surface area contributed by atoms with Gasteiger partial charge in [-0.25, -0.2) is 0 Å². The molecule has 2 aromatic rings. The topological polar surface area (TPSA) is 47.3 Å². The Morgan fingerprint density at radius 3 is 3.31 bits per heavy atom. The molecule has 3 rings (SSSR count). The molecular formula is C12H12N2O2. The molecule has 0 saturated carbocycles. The van der Waals surface area contributed by atoms with Crippen molar-refractivity contribution >= 4 is 5.69 Å². The zero-order chi connectivity index (χ0) is 11.0. The van der Waals surface area contributed by atoms with Crippen molar-refractivity contribution in [2.75, 3.05) is 11.9 Å². The fraction of sp³-hybridized carbons (Fsp3) is 0.250. The Bertz CT molecular complexity index is 519. The van der Waals surface area contributed by atoms with Gasteiger partial charge in [-0.15, -0.1) is 0 Å². The quantitative estimate of drug-likeness (QED) is 0.838. The molecule has 0 fully saturated rings. The first-order valence-electron chi connectivity index (χ1n) is 5.33. The van der Waals surface area contributed by atoms with Gasteiger partial charge in [-0.2, -0.15) is 0 Å². The largest absolute Gasteiger partial charge is 0.492 e. The number of fused-ring (bicyclic) bond motifs is 3. The lowest BCUT2D eigenvalue weighted by Crippen LogP contribution is -2.08. The van der Waals surface area contributed by atoms with Crippen molar-refractivity contribution in [2.24, 2.45) is 0 Å². The zero-order valence-electron chi connectivity index (χ0n) is 8.99. The minimum atomic E-state index is 0.654. The van der Waals surface area contributed by atoms with Gasteiger partial charge in [0.05, 0.1) is 18.5 Å².